The lowest BCUT2D eigenvalue weighted by Crippen LogP contribution is -2.48. The van der Waals surface area contributed by atoms with Gasteiger partial charge in [0.05, 0.1) is 17.2 Å². The average molecular weight is 298 g/mol. The second-order valence-corrected chi connectivity index (χ2v) is 5.17. The Balaban J connectivity index is 2.48. The molecular formula is C14H13F3N2O2. The number of carbonyl (C=O) groups is 1. The molecule has 0 amide bonds. The van der Waals surface area contributed by atoms with Gasteiger partial charge in [0.2, 0.25) is 0 Å². The molecule has 1 aliphatic heterocycles. The Morgan fingerprint density at radius 1 is 1.48 bits per heavy atom. The Bertz CT molecular complexity index is 622. The monoisotopic (exact) mass is 298 g/mol. The summed E-state index contributed by atoms with van der Waals surface area (Å²) in [7, 11) is 0. The predicted octanol–water partition coefficient (Wildman–Crippen LogP) is 3.02. The lowest BCUT2D eigenvalue weighted by molar-refractivity contribution is -0.142. The van der Waals surface area contributed by atoms with Crippen LogP contribution in [0.25, 0.3) is 0 Å². The molecule has 1 aromatic rings. The normalized spacial score (nSPS) is 22.1. The molecule has 0 saturated carbocycles. The van der Waals surface area contributed by atoms with Crippen LogP contribution in [0.3, 0.4) is 0 Å². The van der Waals surface area contributed by atoms with Crippen molar-refractivity contribution in [2.24, 2.45) is 0 Å². The summed E-state index contributed by atoms with van der Waals surface area (Å²) in [6.45, 7) is 1.96. The first kappa shape index (κ1) is 15.2. The Morgan fingerprint density at radius 3 is 2.67 bits per heavy atom. The van der Waals surface area contributed by atoms with Crippen LogP contribution < -0.4 is 4.90 Å². The first-order chi connectivity index (χ1) is 9.70. The maximum Gasteiger partial charge on any atom is 0.417 e. The molecule has 1 N–H and O–H groups in total. The second kappa shape index (κ2) is 4.95. The summed E-state index contributed by atoms with van der Waals surface area (Å²) < 4.78 is 38.3. The van der Waals surface area contributed by atoms with E-state index in [9.17, 15) is 23.1 Å². The fourth-order valence-electron chi connectivity index (χ4n) is 2.64. The molecule has 0 spiro atoms. The van der Waals surface area contributed by atoms with Gasteiger partial charge in [0.1, 0.15) is 5.54 Å². The number of alkyl halides is 3. The fraction of sp³-hybridized carbons (Fsp3) is 0.429. The largest absolute Gasteiger partial charge is 0.480 e. The highest BCUT2D eigenvalue weighted by Crippen LogP contribution is 2.38. The highest BCUT2D eigenvalue weighted by Gasteiger charge is 2.44. The molecule has 0 aromatic heterocycles. The van der Waals surface area contributed by atoms with Crippen LogP contribution in [0.4, 0.5) is 18.9 Å². The van der Waals surface area contributed by atoms with Crippen molar-refractivity contribution >= 4 is 11.7 Å². The maximum atomic E-state index is 12.8. The van der Waals surface area contributed by atoms with E-state index in [1.807, 2.05) is 0 Å². The minimum atomic E-state index is -4.61. The molecule has 1 heterocycles. The molecule has 1 aromatic carbocycles. The molecule has 2 rings (SSSR count). The lowest BCUT2D eigenvalue weighted by Gasteiger charge is -2.33. The highest BCUT2D eigenvalue weighted by molar-refractivity contribution is 5.84. The van der Waals surface area contributed by atoms with Crippen LogP contribution in [0.5, 0.6) is 0 Å². The van der Waals surface area contributed by atoms with Gasteiger partial charge in [-0.15, -0.1) is 0 Å². The van der Waals surface area contributed by atoms with E-state index >= 15 is 0 Å². The summed E-state index contributed by atoms with van der Waals surface area (Å²) in [5, 5.41) is 18.2. The lowest BCUT2D eigenvalue weighted by atomic mass is 9.98. The number of hydrogen-bond acceptors (Lipinski definition) is 3. The second-order valence-electron chi connectivity index (χ2n) is 5.17. The van der Waals surface area contributed by atoms with Crippen molar-refractivity contribution < 1.29 is 23.1 Å². The van der Waals surface area contributed by atoms with Gasteiger partial charge in [-0.3, -0.25) is 0 Å². The molecule has 1 atom stereocenters. The summed E-state index contributed by atoms with van der Waals surface area (Å²) in [6, 6.07) is 4.68. The Morgan fingerprint density at radius 2 is 2.14 bits per heavy atom. The van der Waals surface area contributed by atoms with Gasteiger partial charge < -0.3 is 10.0 Å². The number of carboxylic acid groups (broad SMARTS) is 1. The molecular weight excluding hydrogens is 285 g/mol. The smallest absolute Gasteiger partial charge is 0.417 e. The number of carboxylic acids is 1. The van der Waals surface area contributed by atoms with Crippen LogP contribution in [0.15, 0.2) is 18.2 Å². The molecule has 4 nitrogen and oxygen atoms in total. The van der Waals surface area contributed by atoms with Crippen LogP contribution >= 0.6 is 0 Å². The Kier molecular flexibility index (Phi) is 3.58. The number of rotatable bonds is 2. The van der Waals surface area contributed by atoms with E-state index in [0.29, 0.717) is 25.1 Å². The van der Waals surface area contributed by atoms with Gasteiger partial charge in [-0.1, -0.05) is 0 Å². The maximum absolute atomic E-state index is 12.8. The summed E-state index contributed by atoms with van der Waals surface area (Å²) in [5.74, 6) is -1.03. The van der Waals surface area contributed by atoms with Crippen LogP contribution in [0.1, 0.15) is 30.9 Å². The molecule has 1 saturated heterocycles. The quantitative estimate of drug-likeness (QED) is 0.911. The fourth-order valence-corrected chi connectivity index (χ4v) is 2.64. The van der Waals surface area contributed by atoms with E-state index < -0.39 is 28.8 Å². The Hall–Kier alpha value is -2.23. The predicted molar refractivity (Wildman–Crippen MR) is 68.8 cm³/mol. The van der Waals surface area contributed by atoms with Crippen molar-refractivity contribution in [3.8, 4) is 6.07 Å². The molecule has 21 heavy (non-hydrogen) atoms. The molecule has 112 valence electrons. The molecule has 0 radical (unpaired) electrons. The number of aliphatic carboxylic acids is 1. The molecule has 0 aliphatic carbocycles. The topological polar surface area (TPSA) is 64.3 Å². The van der Waals surface area contributed by atoms with E-state index in [-0.39, 0.29) is 0 Å². The van der Waals surface area contributed by atoms with E-state index in [1.54, 1.807) is 0 Å². The Labute approximate surface area is 119 Å². The summed E-state index contributed by atoms with van der Waals surface area (Å²) in [4.78, 5) is 12.9. The van der Waals surface area contributed by atoms with Crippen molar-refractivity contribution in [3.63, 3.8) is 0 Å². The number of hydrogen-bond donors (Lipinski definition) is 1. The first-order valence-corrected chi connectivity index (χ1v) is 6.32. The third-order valence-electron chi connectivity index (χ3n) is 3.84. The van der Waals surface area contributed by atoms with Gasteiger partial charge in [0.25, 0.3) is 0 Å². The summed E-state index contributed by atoms with van der Waals surface area (Å²) in [5.41, 5.74) is -2.35. The molecule has 1 fully saturated rings. The van der Waals surface area contributed by atoms with E-state index in [0.717, 1.165) is 12.1 Å². The zero-order chi connectivity index (χ0) is 15.8. The average Bonchev–Trinajstić information content (AvgIpc) is 2.80. The number of benzene rings is 1. The van der Waals surface area contributed by atoms with Crippen molar-refractivity contribution in [2.75, 3.05) is 11.4 Å². The number of nitriles is 1. The van der Waals surface area contributed by atoms with Gasteiger partial charge in [-0.25, -0.2) is 4.79 Å². The van der Waals surface area contributed by atoms with Crippen LogP contribution in [-0.2, 0) is 11.0 Å². The van der Waals surface area contributed by atoms with Crippen molar-refractivity contribution in [3.05, 3.63) is 29.3 Å². The molecule has 1 unspecified atom stereocenters. The minimum absolute atomic E-state index is 0.321. The SMILES string of the molecule is CC1(C(=O)O)CCCN1c1ccc(C(F)(F)F)c(C#N)c1. The highest BCUT2D eigenvalue weighted by atomic mass is 19.4. The van der Waals surface area contributed by atoms with Gasteiger partial charge in [-0.05, 0) is 38.0 Å². The number of nitrogens with zero attached hydrogens (tertiary/aromatic N) is 2. The first-order valence-electron chi connectivity index (χ1n) is 6.32. The molecule has 0 bridgehead atoms. The third-order valence-corrected chi connectivity index (χ3v) is 3.84. The van der Waals surface area contributed by atoms with Gasteiger partial charge in [-0.2, -0.15) is 18.4 Å². The summed E-state index contributed by atoms with van der Waals surface area (Å²) >= 11 is 0. The molecule has 1 aliphatic rings. The van der Waals surface area contributed by atoms with Crippen molar-refractivity contribution in [2.45, 2.75) is 31.5 Å². The van der Waals surface area contributed by atoms with E-state index in [4.69, 9.17) is 5.26 Å². The third kappa shape index (κ3) is 2.53. The molecule has 7 heteroatoms. The van der Waals surface area contributed by atoms with Crippen LogP contribution in [-0.4, -0.2) is 23.2 Å². The number of halogens is 3. The zero-order valence-electron chi connectivity index (χ0n) is 11.2. The standard InChI is InChI=1S/C14H13F3N2O2/c1-13(12(20)21)5-2-6-19(13)10-3-4-11(14(15,16)17)9(7-10)8-18/h3-4,7H,2,5-6H2,1H3,(H,20,21). The van der Waals surface area contributed by atoms with Crippen LogP contribution in [0.2, 0.25) is 0 Å². The number of anilines is 1. The van der Waals surface area contributed by atoms with E-state index in [2.05, 4.69) is 0 Å². The zero-order valence-corrected chi connectivity index (χ0v) is 11.2. The van der Waals surface area contributed by atoms with E-state index in [1.165, 1.54) is 24.0 Å². The summed E-state index contributed by atoms with van der Waals surface area (Å²) in [6.07, 6.45) is -3.57. The van der Waals surface area contributed by atoms with Crippen LogP contribution in [0, 0.1) is 11.3 Å². The van der Waals surface area contributed by atoms with Gasteiger partial charge in [0.15, 0.2) is 0 Å². The van der Waals surface area contributed by atoms with Crippen molar-refractivity contribution in [1.29, 1.82) is 5.26 Å². The van der Waals surface area contributed by atoms with Crippen molar-refractivity contribution in [1.82, 2.24) is 0 Å². The van der Waals surface area contributed by atoms with Gasteiger partial charge in [0, 0.05) is 12.2 Å². The van der Waals surface area contributed by atoms with Gasteiger partial charge >= 0.3 is 12.1 Å². The minimum Gasteiger partial charge on any atom is -0.480 e.